The standard InChI is InChI=1S/C8H14O4/c1-4(9)7-3-6(8(10)11)5(2)12-7/h4-7,9H,3H2,1-2H3,(H,10,11). The number of aliphatic hydroxyl groups excluding tert-OH is 1. The van der Waals surface area contributed by atoms with E-state index in [1.807, 2.05) is 0 Å². The summed E-state index contributed by atoms with van der Waals surface area (Å²) in [6.07, 6.45) is -0.784. The van der Waals surface area contributed by atoms with E-state index >= 15 is 0 Å². The van der Waals surface area contributed by atoms with Crippen molar-refractivity contribution in [2.45, 2.75) is 38.6 Å². The Morgan fingerprint density at radius 3 is 2.50 bits per heavy atom. The number of rotatable bonds is 2. The van der Waals surface area contributed by atoms with Crippen LogP contribution in [-0.2, 0) is 9.53 Å². The first-order valence-corrected chi connectivity index (χ1v) is 4.08. The van der Waals surface area contributed by atoms with Crippen LogP contribution in [0, 0.1) is 5.92 Å². The summed E-state index contributed by atoms with van der Waals surface area (Å²) in [5.74, 6) is -1.31. The number of hydrogen-bond acceptors (Lipinski definition) is 3. The molecule has 0 aromatic carbocycles. The first-order chi connectivity index (χ1) is 5.52. The number of carboxylic acids is 1. The third-order valence-corrected chi connectivity index (χ3v) is 2.30. The van der Waals surface area contributed by atoms with Crippen molar-refractivity contribution in [1.82, 2.24) is 0 Å². The van der Waals surface area contributed by atoms with Gasteiger partial charge in [-0.2, -0.15) is 0 Å². The minimum Gasteiger partial charge on any atom is -0.481 e. The van der Waals surface area contributed by atoms with E-state index in [2.05, 4.69) is 0 Å². The van der Waals surface area contributed by atoms with Crippen molar-refractivity contribution in [1.29, 1.82) is 0 Å². The second-order valence-corrected chi connectivity index (χ2v) is 3.30. The van der Waals surface area contributed by atoms with Crippen molar-refractivity contribution in [3.05, 3.63) is 0 Å². The first kappa shape index (κ1) is 9.48. The van der Waals surface area contributed by atoms with E-state index in [0.717, 1.165) is 0 Å². The van der Waals surface area contributed by atoms with Gasteiger partial charge in [-0.1, -0.05) is 0 Å². The van der Waals surface area contributed by atoms with Crippen LogP contribution in [0.3, 0.4) is 0 Å². The van der Waals surface area contributed by atoms with E-state index in [-0.39, 0.29) is 12.2 Å². The van der Waals surface area contributed by atoms with Gasteiger partial charge in [0, 0.05) is 0 Å². The molecule has 1 saturated heterocycles. The minimum atomic E-state index is -0.842. The molecule has 0 amide bonds. The fraction of sp³-hybridized carbons (Fsp3) is 0.875. The van der Waals surface area contributed by atoms with Crippen LogP contribution < -0.4 is 0 Å². The Morgan fingerprint density at radius 1 is 1.67 bits per heavy atom. The number of ether oxygens (including phenoxy) is 1. The quantitative estimate of drug-likeness (QED) is 0.629. The van der Waals surface area contributed by atoms with Gasteiger partial charge in [0.15, 0.2) is 0 Å². The molecule has 12 heavy (non-hydrogen) atoms. The van der Waals surface area contributed by atoms with Crippen LogP contribution >= 0.6 is 0 Å². The Labute approximate surface area is 71.2 Å². The molecule has 0 bridgehead atoms. The minimum absolute atomic E-state index is 0.290. The van der Waals surface area contributed by atoms with Crippen LogP contribution in [0.4, 0.5) is 0 Å². The third-order valence-electron chi connectivity index (χ3n) is 2.30. The number of aliphatic hydroxyl groups is 1. The van der Waals surface area contributed by atoms with Crippen LogP contribution in [0.1, 0.15) is 20.3 Å². The highest BCUT2D eigenvalue weighted by Crippen LogP contribution is 2.28. The summed E-state index contributed by atoms with van der Waals surface area (Å²) < 4.78 is 5.27. The second-order valence-electron chi connectivity index (χ2n) is 3.30. The average molecular weight is 174 g/mol. The van der Waals surface area contributed by atoms with E-state index in [0.29, 0.717) is 6.42 Å². The van der Waals surface area contributed by atoms with Gasteiger partial charge in [0.25, 0.3) is 0 Å². The second kappa shape index (κ2) is 3.41. The summed E-state index contributed by atoms with van der Waals surface area (Å²) in [5, 5.41) is 17.9. The van der Waals surface area contributed by atoms with Gasteiger partial charge in [-0.05, 0) is 20.3 Å². The molecule has 0 aliphatic carbocycles. The number of carboxylic acid groups (broad SMARTS) is 1. The largest absolute Gasteiger partial charge is 0.481 e. The van der Waals surface area contributed by atoms with E-state index in [9.17, 15) is 4.79 Å². The lowest BCUT2D eigenvalue weighted by Crippen LogP contribution is -2.22. The van der Waals surface area contributed by atoms with E-state index in [4.69, 9.17) is 14.9 Å². The fourth-order valence-electron chi connectivity index (χ4n) is 1.48. The molecule has 0 saturated carbocycles. The molecule has 4 unspecified atom stereocenters. The van der Waals surface area contributed by atoms with E-state index < -0.39 is 18.0 Å². The van der Waals surface area contributed by atoms with Gasteiger partial charge in [0.05, 0.1) is 24.2 Å². The number of hydrogen-bond donors (Lipinski definition) is 2. The van der Waals surface area contributed by atoms with Gasteiger partial charge in [-0.15, -0.1) is 0 Å². The summed E-state index contributed by atoms with van der Waals surface area (Å²) in [7, 11) is 0. The van der Waals surface area contributed by atoms with Crippen LogP contribution in [0.25, 0.3) is 0 Å². The van der Waals surface area contributed by atoms with Crippen molar-refractivity contribution in [2.75, 3.05) is 0 Å². The molecule has 4 heteroatoms. The smallest absolute Gasteiger partial charge is 0.309 e. The maximum Gasteiger partial charge on any atom is 0.309 e. The van der Waals surface area contributed by atoms with Crippen molar-refractivity contribution in [3.63, 3.8) is 0 Å². The molecule has 70 valence electrons. The average Bonchev–Trinajstić information content (AvgIpc) is 2.30. The number of carbonyl (C=O) groups is 1. The summed E-state index contributed by atoms with van der Waals surface area (Å²) >= 11 is 0. The van der Waals surface area contributed by atoms with Crippen molar-refractivity contribution < 1.29 is 19.7 Å². The zero-order chi connectivity index (χ0) is 9.30. The maximum absolute atomic E-state index is 10.6. The van der Waals surface area contributed by atoms with Crippen molar-refractivity contribution in [3.8, 4) is 0 Å². The molecule has 1 aliphatic heterocycles. The Balaban J connectivity index is 2.56. The normalized spacial score (nSPS) is 38.1. The Hall–Kier alpha value is -0.610. The fourth-order valence-corrected chi connectivity index (χ4v) is 1.48. The van der Waals surface area contributed by atoms with Crippen LogP contribution in [-0.4, -0.2) is 34.5 Å². The van der Waals surface area contributed by atoms with Gasteiger partial charge in [0.1, 0.15) is 0 Å². The molecule has 1 rings (SSSR count). The van der Waals surface area contributed by atoms with Gasteiger partial charge in [-0.25, -0.2) is 0 Å². The zero-order valence-electron chi connectivity index (χ0n) is 7.23. The monoisotopic (exact) mass is 174 g/mol. The Morgan fingerprint density at radius 2 is 2.25 bits per heavy atom. The Kier molecular flexibility index (Phi) is 2.69. The Bertz CT molecular complexity index is 178. The molecule has 2 N–H and O–H groups in total. The van der Waals surface area contributed by atoms with Gasteiger partial charge in [0.2, 0.25) is 0 Å². The van der Waals surface area contributed by atoms with E-state index in [1.54, 1.807) is 13.8 Å². The van der Waals surface area contributed by atoms with E-state index in [1.165, 1.54) is 0 Å². The SMILES string of the molecule is CC(O)C1CC(C(=O)O)C(C)O1. The number of aliphatic carboxylic acids is 1. The predicted molar refractivity (Wildman–Crippen MR) is 41.8 cm³/mol. The molecule has 1 aliphatic rings. The highest BCUT2D eigenvalue weighted by molar-refractivity contribution is 5.71. The molecule has 0 spiro atoms. The van der Waals surface area contributed by atoms with Crippen molar-refractivity contribution >= 4 is 5.97 Å². The van der Waals surface area contributed by atoms with Gasteiger partial charge < -0.3 is 14.9 Å². The third kappa shape index (κ3) is 1.76. The molecule has 0 aromatic heterocycles. The van der Waals surface area contributed by atoms with Crippen LogP contribution in [0.15, 0.2) is 0 Å². The molecule has 4 atom stereocenters. The molecule has 1 heterocycles. The molecule has 1 fully saturated rings. The summed E-state index contributed by atoms with van der Waals surface area (Å²) in [6.45, 7) is 3.34. The molecule has 0 radical (unpaired) electrons. The molecule has 0 aromatic rings. The molecule has 4 nitrogen and oxygen atoms in total. The summed E-state index contributed by atoms with van der Waals surface area (Å²) in [6, 6.07) is 0. The topological polar surface area (TPSA) is 66.8 Å². The molecular formula is C8H14O4. The summed E-state index contributed by atoms with van der Waals surface area (Å²) in [5.41, 5.74) is 0. The van der Waals surface area contributed by atoms with Crippen LogP contribution in [0.2, 0.25) is 0 Å². The lowest BCUT2D eigenvalue weighted by molar-refractivity contribution is -0.143. The highest BCUT2D eigenvalue weighted by Gasteiger charge is 2.38. The van der Waals surface area contributed by atoms with Crippen LogP contribution in [0.5, 0.6) is 0 Å². The molecular weight excluding hydrogens is 160 g/mol. The zero-order valence-corrected chi connectivity index (χ0v) is 7.23. The first-order valence-electron chi connectivity index (χ1n) is 4.08. The lowest BCUT2D eigenvalue weighted by atomic mass is 9.99. The maximum atomic E-state index is 10.6. The van der Waals surface area contributed by atoms with Gasteiger partial charge >= 0.3 is 5.97 Å². The highest BCUT2D eigenvalue weighted by atomic mass is 16.5. The lowest BCUT2D eigenvalue weighted by Gasteiger charge is -2.12. The van der Waals surface area contributed by atoms with Gasteiger partial charge in [-0.3, -0.25) is 4.79 Å². The predicted octanol–water partition coefficient (Wildman–Crippen LogP) is 0.245. The summed E-state index contributed by atoms with van der Waals surface area (Å²) in [4.78, 5) is 10.6. The van der Waals surface area contributed by atoms with Crippen molar-refractivity contribution in [2.24, 2.45) is 5.92 Å².